The molecule has 0 aliphatic carbocycles. The molecule has 3 aliphatic heterocycles. The smallest absolute Gasteiger partial charge is 0.278 e. The first kappa shape index (κ1) is 18.6. The Morgan fingerprint density at radius 2 is 1.74 bits per heavy atom. The number of nitrogens with zero attached hydrogens (tertiary/aromatic N) is 3. The SMILES string of the molecule is O=C1c2c(O)c(=O)ccn2N([C@H]2c3ccccc3CSc3ccccc32)[C@H]2CCCN12. The maximum absolute atomic E-state index is 13.2. The van der Waals surface area contributed by atoms with Crippen LogP contribution in [0, 0.1) is 0 Å². The molecular formula is C24H21N3O3S. The lowest BCUT2D eigenvalue weighted by Gasteiger charge is -2.47. The van der Waals surface area contributed by atoms with Crippen LogP contribution in [0.15, 0.2) is 70.5 Å². The highest BCUT2D eigenvalue weighted by atomic mass is 32.2. The average molecular weight is 432 g/mol. The maximum atomic E-state index is 13.2. The molecule has 0 saturated carbocycles. The van der Waals surface area contributed by atoms with Crippen molar-refractivity contribution in [3.63, 3.8) is 0 Å². The zero-order valence-electron chi connectivity index (χ0n) is 16.8. The van der Waals surface area contributed by atoms with Crippen LogP contribution < -0.4 is 10.4 Å². The molecule has 0 radical (unpaired) electrons. The lowest BCUT2D eigenvalue weighted by molar-refractivity contribution is 0.0634. The number of carbonyl (C=O) groups excluding carboxylic acids is 1. The predicted octanol–water partition coefficient (Wildman–Crippen LogP) is 3.46. The van der Waals surface area contributed by atoms with Gasteiger partial charge < -0.3 is 10.0 Å². The van der Waals surface area contributed by atoms with Gasteiger partial charge in [-0.05, 0) is 35.6 Å². The van der Waals surface area contributed by atoms with E-state index in [9.17, 15) is 14.7 Å². The number of hydrogen-bond acceptors (Lipinski definition) is 5. The number of rotatable bonds is 1. The van der Waals surface area contributed by atoms with Gasteiger partial charge in [-0.25, -0.2) is 0 Å². The third-order valence-electron chi connectivity index (χ3n) is 6.50. The van der Waals surface area contributed by atoms with Gasteiger partial charge >= 0.3 is 0 Å². The van der Waals surface area contributed by atoms with Gasteiger partial charge in [0.05, 0.1) is 6.04 Å². The van der Waals surface area contributed by atoms with Crippen molar-refractivity contribution >= 4 is 17.7 Å². The number of aromatic hydroxyl groups is 1. The van der Waals surface area contributed by atoms with Crippen LogP contribution >= 0.6 is 11.8 Å². The summed E-state index contributed by atoms with van der Waals surface area (Å²) in [7, 11) is 0. The van der Waals surface area contributed by atoms with Crippen molar-refractivity contribution in [2.45, 2.75) is 35.7 Å². The van der Waals surface area contributed by atoms with Crippen LogP contribution in [-0.4, -0.2) is 33.3 Å². The first-order chi connectivity index (χ1) is 15.1. The second kappa shape index (κ2) is 6.92. The van der Waals surface area contributed by atoms with Gasteiger partial charge in [-0.1, -0.05) is 42.5 Å². The van der Waals surface area contributed by atoms with Gasteiger partial charge in [0, 0.05) is 29.5 Å². The van der Waals surface area contributed by atoms with Crippen LogP contribution in [-0.2, 0) is 5.75 Å². The van der Waals surface area contributed by atoms with E-state index in [1.807, 2.05) is 17.8 Å². The Bertz CT molecular complexity index is 1220. The maximum Gasteiger partial charge on any atom is 0.278 e. The van der Waals surface area contributed by atoms with E-state index < -0.39 is 11.2 Å². The van der Waals surface area contributed by atoms with Crippen molar-refractivity contribution < 1.29 is 9.90 Å². The summed E-state index contributed by atoms with van der Waals surface area (Å²) in [6.45, 7) is 0.618. The fraction of sp³-hybridized carbons (Fsp3) is 0.250. The number of carbonyl (C=O) groups is 1. The second-order valence-electron chi connectivity index (χ2n) is 8.15. The van der Waals surface area contributed by atoms with E-state index >= 15 is 0 Å². The number of thioether (sulfide) groups is 1. The standard InChI is InChI=1S/C24H21N3O3S/c28-18-11-13-26-22(23(18)29)24(30)25-12-5-10-20(25)27(26)21-16-7-2-1-6-15(16)14-31-19-9-4-3-8-17(19)21/h1-4,6-9,11,13,20-21,29H,5,10,12,14H2/t20-,21-/m0/s1. The summed E-state index contributed by atoms with van der Waals surface area (Å²) in [5, 5.41) is 12.8. The molecule has 6 rings (SSSR count). The molecule has 0 bridgehead atoms. The van der Waals surface area contributed by atoms with Crippen molar-refractivity contribution in [2.75, 3.05) is 11.6 Å². The summed E-state index contributed by atoms with van der Waals surface area (Å²) in [4.78, 5) is 28.5. The molecule has 1 fully saturated rings. The van der Waals surface area contributed by atoms with Crippen LogP contribution in [0.2, 0.25) is 0 Å². The molecule has 7 heteroatoms. The quantitative estimate of drug-likeness (QED) is 0.639. The number of pyridine rings is 1. The number of aromatic nitrogens is 1. The molecule has 0 unspecified atom stereocenters. The average Bonchev–Trinajstić information content (AvgIpc) is 3.22. The second-order valence-corrected chi connectivity index (χ2v) is 9.17. The van der Waals surface area contributed by atoms with E-state index in [-0.39, 0.29) is 23.8 Å². The summed E-state index contributed by atoms with van der Waals surface area (Å²) in [6, 6.07) is 18.0. The van der Waals surface area contributed by atoms with Gasteiger partial charge in [0.1, 0.15) is 6.17 Å². The first-order valence-electron chi connectivity index (χ1n) is 10.5. The molecule has 1 saturated heterocycles. The van der Waals surface area contributed by atoms with Gasteiger partial charge in [0.15, 0.2) is 11.4 Å². The highest BCUT2D eigenvalue weighted by molar-refractivity contribution is 7.98. The van der Waals surface area contributed by atoms with E-state index in [1.54, 1.807) is 15.8 Å². The zero-order valence-corrected chi connectivity index (χ0v) is 17.6. The Hall–Kier alpha value is -3.19. The van der Waals surface area contributed by atoms with E-state index in [1.165, 1.54) is 27.7 Å². The van der Waals surface area contributed by atoms with Crippen LogP contribution in [0.25, 0.3) is 0 Å². The Labute approximate surface area is 183 Å². The molecule has 2 aromatic carbocycles. The third-order valence-corrected chi connectivity index (χ3v) is 7.64. The highest BCUT2D eigenvalue weighted by Gasteiger charge is 2.46. The lowest BCUT2D eigenvalue weighted by Crippen LogP contribution is -2.60. The third kappa shape index (κ3) is 2.66. The van der Waals surface area contributed by atoms with Crippen LogP contribution in [0.1, 0.15) is 46.1 Å². The monoisotopic (exact) mass is 431 g/mol. The fourth-order valence-corrected chi connectivity index (χ4v) is 6.22. The summed E-state index contributed by atoms with van der Waals surface area (Å²) >= 11 is 1.82. The molecule has 4 heterocycles. The molecule has 6 nitrogen and oxygen atoms in total. The van der Waals surface area contributed by atoms with Crippen LogP contribution in [0.3, 0.4) is 0 Å². The van der Waals surface area contributed by atoms with E-state index in [0.717, 1.165) is 18.6 Å². The Kier molecular flexibility index (Phi) is 4.14. The first-order valence-corrected chi connectivity index (χ1v) is 11.5. The lowest BCUT2D eigenvalue weighted by atomic mass is 9.93. The fourth-order valence-electron chi connectivity index (χ4n) is 5.12. The number of hydrogen-bond donors (Lipinski definition) is 1. The van der Waals surface area contributed by atoms with Crippen LogP contribution in [0.5, 0.6) is 5.75 Å². The van der Waals surface area contributed by atoms with Gasteiger partial charge in [-0.3, -0.25) is 19.3 Å². The number of benzene rings is 2. The van der Waals surface area contributed by atoms with Gasteiger partial charge in [0.25, 0.3) is 5.91 Å². The number of fused-ring (bicyclic) bond motifs is 4. The molecule has 156 valence electrons. The van der Waals surface area contributed by atoms with Gasteiger partial charge in [-0.2, -0.15) is 0 Å². The molecule has 1 aromatic heterocycles. The molecule has 3 aliphatic rings. The van der Waals surface area contributed by atoms with Crippen molar-refractivity contribution in [2.24, 2.45) is 0 Å². The minimum atomic E-state index is -0.533. The summed E-state index contributed by atoms with van der Waals surface area (Å²) in [5.74, 6) is 0.110. The summed E-state index contributed by atoms with van der Waals surface area (Å²) in [5.41, 5.74) is 3.13. The Balaban J connectivity index is 1.66. The van der Waals surface area contributed by atoms with Crippen LogP contribution in [0.4, 0.5) is 0 Å². The predicted molar refractivity (Wildman–Crippen MR) is 119 cm³/mol. The normalized spacial score (nSPS) is 21.7. The van der Waals surface area contributed by atoms with Gasteiger partial charge in [-0.15, -0.1) is 11.8 Å². The molecule has 0 spiro atoms. The molecule has 1 amide bonds. The van der Waals surface area contributed by atoms with E-state index in [4.69, 9.17) is 0 Å². The molecular weight excluding hydrogens is 410 g/mol. The van der Waals surface area contributed by atoms with Crippen molar-refractivity contribution in [1.82, 2.24) is 9.58 Å². The number of amides is 1. The zero-order chi connectivity index (χ0) is 21.1. The van der Waals surface area contributed by atoms with E-state index in [2.05, 4.69) is 47.5 Å². The van der Waals surface area contributed by atoms with Crippen molar-refractivity contribution in [3.8, 4) is 5.75 Å². The van der Waals surface area contributed by atoms with Crippen molar-refractivity contribution in [1.29, 1.82) is 0 Å². The molecule has 31 heavy (non-hydrogen) atoms. The Morgan fingerprint density at radius 3 is 2.61 bits per heavy atom. The molecule has 1 N–H and O–H groups in total. The minimum Gasteiger partial charge on any atom is -0.502 e. The highest BCUT2D eigenvalue weighted by Crippen LogP contribution is 2.45. The van der Waals surface area contributed by atoms with Crippen molar-refractivity contribution in [3.05, 3.63) is 93.4 Å². The largest absolute Gasteiger partial charge is 0.502 e. The summed E-state index contributed by atoms with van der Waals surface area (Å²) in [6.07, 6.45) is 3.22. The van der Waals surface area contributed by atoms with E-state index in [0.29, 0.717) is 6.54 Å². The van der Waals surface area contributed by atoms with Gasteiger partial charge in [0.2, 0.25) is 5.43 Å². The molecule has 2 atom stereocenters. The summed E-state index contributed by atoms with van der Waals surface area (Å²) < 4.78 is 1.72. The molecule has 3 aromatic rings. The Morgan fingerprint density at radius 1 is 0.968 bits per heavy atom. The topological polar surface area (TPSA) is 65.8 Å². The minimum absolute atomic E-state index is 0.0533.